The quantitative estimate of drug-likeness (QED) is 0.802. The molecule has 1 saturated heterocycles. The average molecular weight is 269 g/mol. The maximum Gasteiger partial charge on any atom is 0.241 e. The van der Waals surface area contributed by atoms with Gasteiger partial charge in [-0.2, -0.15) is 4.72 Å². The van der Waals surface area contributed by atoms with E-state index in [0.29, 0.717) is 5.69 Å². The third-order valence-electron chi connectivity index (χ3n) is 3.23. The molecule has 1 unspecified atom stereocenters. The van der Waals surface area contributed by atoms with Gasteiger partial charge in [0.1, 0.15) is 0 Å². The van der Waals surface area contributed by atoms with Crippen LogP contribution in [0.2, 0.25) is 0 Å². The van der Waals surface area contributed by atoms with E-state index in [4.69, 9.17) is 5.73 Å². The number of anilines is 1. The lowest BCUT2D eigenvalue weighted by molar-refractivity contribution is 0.175. The van der Waals surface area contributed by atoms with Gasteiger partial charge < -0.3 is 5.73 Å². The summed E-state index contributed by atoms with van der Waals surface area (Å²) in [5.41, 5.74) is 6.07. The van der Waals surface area contributed by atoms with Gasteiger partial charge in [0.2, 0.25) is 10.0 Å². The van der Waals surface area contributed by atoms with Crippen molar-refractivity contribution in [3.05, 3.63) is 24.3 Å². The Labute approximate surface area is 108 Å². The molecule has 6 heteroatoms. The fourth-order valence-corrected chi connectivity index (χ4v) is 3.49. The number of nitrogens with one attached hydrogen (secondary N) is 1. The molecule has 0 aliphatic carbocycles. The van der Waals surface area contributed by atoms with Gasteiger partial charge >= 0.3 is 0 Å². The normalized spacial score (nSPS) is 21.9. The zero-order valence-corrected chi connectivity index (χ0v) is 11.3. The Balaban J connectivity index is 2.16. The van der Waals surface area contributed by atoms with Gasteiger partial charge in [-0.1, -0.05) is 6.07 Å². The van der Waals surface area contributed by atoms with Gasteiger partial charge in [-0.05, 0) is 51.1 Å². The van der Waals surface area contributed by atoms with Crippen molar-refractivity contribution in [2.45, 2.75) is 30.3 Å². The van der Waals surface area contributed by atoms with Crippen molar-refractivity contribution in [2.75, 3.05) is 19.3 Å². The minimum Gasteiger partial charge on any atom is -0.399 e. The van der Waals surface area contributed by atoms with Crippen molar-refractivity contribution < 1.29 is 8.42 Å². The zero-order chi connectivity index (χ0) is 13.2. The van der Waals surface area contributed by atoms with Gasteiger partial charge in [0.05, 0.1) is 11.1 Å². The number of nitrogens with two attached hydrogens (primary N) is 1. The van der Waals surface area contributed by atoms with E-state index in [9.17, 15) is 8.42 Å². The van der Waals surface area contributed by atoms with Crippen LogP contribution in [0.4, 0.5) is 5.69 Å². The van der Waals surface area contributed by atoms with Gasteiger partial charge in [-0.3, -0.25) is 4.90 Å². The Bertz CT molecular complexity index is 516. The van der Waals surface area contributed by atoms with E-state index in [1.807, 2.05) is 11.9 Å². The van der Waals surface area contributed by atoms with Crippen LogP contribution in [0.3, 0.4) is 0 Å². The number of nitrogens with zero attached hydrogens (tertiary/aromatic N) is 1. The summed E-state index contributed by atoms with van der Waals surface area (Å²) >= 11 is 0. The van der Waals surface area contributed by atoms with Crippen molar-refractivity contribution >= 4 is 15.7 Å². The number of benzene rings is 1. The number of nitrogen functional groups attached to an aromatic ring is 1. The molecule has 0 saturated carbocycles. The summed E-state index contributed by atoms with van der Waals surface area (Å²) in [5.74, 6) is 0. The van der Waals surface area contributed by atoms with E-state index in [2.05, 4.69) is 4.72 Å². The van der Waals surface area contributed by atoms with E-state index in [1.54, 1.807) is 18.2 Å². The molecule has 1 aliphatic heterocycles. The molecule has 2 rings (SSSR count). The molecular weight excluding hydrogens is 250 g/mol. The van der Waals surface area contributed by atoms with Crippen LogP contribution >= 0.6 is 0 Å². The van der Waals surface area contributed by atoms with E-state index >= 15 is 0 Å². The van der Waals surface area contributed by atoms with Gasteiger partial charge in [0.25, 0.3) is 0 Å². The zero-order valence-electron chi connectivity index (χ0n) is 10.5. The summed E-state index contributed by atoms with van der Waals surface area (Å²) < 4.78 is 27.1. The van der Waals surface area contributed by atoms with Gasteiger partial charge in [0.15, 0.2) is 0 Å². The maximum atomic E-state index is 12.2. The number of likely N-dealkylation sites (tertiary alicyclic amines) is 1. The monoisotopic (exact) mass is 269 g/mol. The highest BCUT2D eigenvalue weighted by Crippen LogP contribution is 2.17. The number of hydrogen-bond acceptors (Lipinski definition) is 4. The number of hydrogen-bond donors (Lipinski definition) is 2. The van der Waals surface area contributed by atoms with Crippen molar-refractivity contribution in [1.29, 1.82) is 0 Å². The largest absolute Gasteiger partial charge is 0.399 e. The molecule has 5 nitrogen and oxygen atoms in total. The first-order chi connectivity index (χ1) is 8.49. The molecule has 1 aliphatic rings. The third-order valence-corrected chi connectivity index (χ3v) is 4.69. The fourth-order valence-electron chi connectivity index (χ4n) is 2.15. The SMILES string of the molecule is CN1CCCCC1NS(=O)(=O)c1cccc(N)c1. The minimum atomic E-state index is -3.49. The van der Waals surface area contributed by atoms with Crippen molar-refractivity contribution in [3.8, 4) is 0 Å². The highest BCUT2D eigenvalue weighted by Gasteiger charge is 2.25. The lowest BCUT2D eigenvalue weighted by Gasteiger charge is -2.32. The Morgan fingerprint density at radius 1 is 1.39 bits per heavy atom. The average Bonchev–Trinajstić information content (AvgIpc) is 2.32. The summed E-state index contributed by atoms with van der Waals surface area (Å²) in [7, 11) is -1.55. The van der Waals surface area contributed by atoms with Gasteiger partial charge in [-0.25, -0.2) is 8.42 Å². The van der Waals surface area contributed by atoms with E-state index in [-0.39, 0.29) is 11.1 Å². The molecule has 1 atom stereocenters. The smallest absolute Gasteiger partial charge is 0.241 e. The Kier molecular flexibility index (Phi) is 3.89. The first kappa shape index (κ1) is 13.3. The molecule has 0 aromatic heterocycles. The van der Waals surface area contributed by atoms with Crippen LogP contribution in [-0.2, 0) is 10.0 Å². The highest BCUT2D eigenvalue weighted by atomic mass is 32.2. The topological polar surface area (TPSA) is 75.4 Å². The summed E-state index contributed by atoms with van der Waals surface area (Å²) in [6.45, 7) is 0.921. The molecule has 0 spiro atoms. The second-order valence-corrected chi connectivity index (χ2v) is 6.40. The second kappa shape index (κ2) is 5.26. The standard InChI is InChI=1S/C12H19N3O2S/c1-15-8-3-2-7-12(15)14-18(16,17)11-6-4-5-10(13)9-11/h4-6,9,12,14H,2-3,7-8,13H2,1H3. The lowest BCUT2D eigenvalue weighted by atomic mass is 10.1. The van der Waals surface area contributed by atoms with Crippen LogP contribution in [0, 0.1) is 0 Å². The fraction of sp³-hybridized carbons (Fsp3) is 0.500. The summed E-state index contributed by atoms with van der Waals surface area (Å²) in [6.07, 6.45) is 2.89. The summed E-state index contributed by atoms with van der Waals surface area (Å²) in [6, 6.07) is 6.35. The molecule has 1 fully saturated rings. The molecule has 0 amide bonds. The Hall–Kier alpha value is -1.11. The molecule has 3 N–H and O–H groups in total. The molecule has 1 aromatic carbocycles. The number of piperidine rings is 1. The predicted molar refractivity (Wildman–Crippen MR) is 71.4 cm³/mol. The first-order valence-electron chi connectivity index (χ1n) is 6.07. The van der Waals surface area contributed by atoms with Crippen molar-refractivity contribution in [2.24, 2.45) is 0 Å². The van der Waals surface area contributed by atoms with Crippen LogP contribution < -0.4 is 10.5 Å². The van der Waals surface area contributed by atoms with E-state index in [1.165, 1.54) is 6.07 Å². The van der Waals surface area contributed by atoms with Crippen LogP contribution in [0.15, 0.2) is 29.2 Å². The molecule has 100 valence electrons. The first-order valence-corrected chi connectivity index (χ1v) is 7.55. The van der Waals surface area contributed by atoms with Gasteiger partial charge in [-0.15, -0.1) is 0 Å². The lowest BCUT2D eigenvalue weighted by Crippen LogP contribution is -2.48. The maximum absolute atomic E-state index is 12.2. The molecule has 0 bridgehead atoms. The molecule has 1 heterocycles. The molecular formula is C12H19N3O2S. The van der Waals surface area contributed by atoms with E-state index < -0.39 is 10.0 Å². The van der Waals surface area contributed by atoms with Crippen molar-refractivity contribution in [1.82, 2.24) is 9.62 Å². The summed E-state index contributed by atoms with van der Waals surface area (Å²) in [4.78, 5) is 2.26. The van der Waals surface area contributed by atoms with Crippen molar-refractivity contribution in [3.63, 3.8) is 0 Å². The van der Waals surface area contributed by atoms with Gasteiger partial charge in [0, 0.05) is 5.69 Å². The minimum absolute atomic E-state index is 0.120. The number of sulfonamides is 1. The van der Waals surface area contributed by atoms with Crippen LogP contribution in [-0.4, -0.2) is 33.1 Å². The molecule has 0 radical (unpaired) electrons. The Morgan fingerprint density at radius 3 is 2.83 bits per heavy atom. The van der Waals surface area contributed by atoms with Crippen LogP contribution in [0.5, 0.6) is 0 Å². The highest BCUT2D eigenvalue weighted by molar-refractivity contribution is 7.89. The third kappa shape index (κ3) is 3.01. The predicted octanol–water partition coefficient (Wildman–Crippen LogP) is 0.989. The Morgan fingerprint density at radius 2 is 2.17 bits per heavy atom. The molecule has 1 aromatic rings. The van der Waals surface area contributed by atoms with Crippen LogP contribution in [0.25, 0.3) is 0 Å². The summed E-state index contributed by atoms with van der Waals surface area (Å²) in [5, 5.41) is 0. The van der Waals surface area contributed by atoms with Crippen LogP contribution in [0.1, 0.15) is 19.3 Å². The second-order valence-electron chi connectivity index (χ2n) is 4.69. The van der Waals surface area contributed by atoms with E-state index in [0.717, 1.165) is 25.8 Å². The molecule has 18 heavy (non-hydrogen) atoms. The number of rotatable bonds is 3.